The SMILES string of the molecule is CC(C)c1nn(-c2ncc(Cl)cc2Cl)c(N)c1C#N. The van der Waals surface area contributed by atoms with Crippen molar-refractivity contribution < 1.29 is 0 Å². The van der Waals surface area contributed by atoms with Gasteiger partial charge in [0.2, 0.25) is 0 Å². The highest BCUT2D eigenvalue weighted by atomic mass is 35.5. The molecule has 0 fully saturated rings. The largest absolute Gasteiger partial charge is 0.382 e. The molecule has 0 aliphatic heterocycles. The van der Waals surface area contributed by atoms with E-state index in [0.29, 0.717) is 27.1 Å². The average molecular weight is 296 g/mol. The van der Waals surface area contributed by atoms with E-state index in [2.05, 4.69) is 16.2 Å². The maximum absolute atomic E-state index is 9.16. The summed E-state index contributed by atoms with van der Waals surface area (Å²) in [4.78, 5) is 4.10. The van der Waals surface area contributed by atoms with E-state index in [1.807, 2.05) is 13.8 Å². The Labute approximate surface area is 120 Å². The fraction of sp³-hybridized carbons (Fsp3) is 0.250. The van der Waals surface area contributed by atoms with Crippen molar-refractivity contribution >= 4 is 29.0 Å². The first kappa shape index (κ1) is 13.7. The zero-order valence-electron chi connectivity index (χ0n) is 10.4. The standard InChI is InChI=1S/C12H11Cl2N5/c1-6(2)10-8(4-15)11(16)19(18-10)12-9(14)3-7(13)5-17-12/h3,5-6H,16H2,1-2H3. The van der Waals surface area contributed by atoms with Gasteiger partial charge in [0.25, 0.3) is 0 Å². The third-order valence-electron chi connectivity index (χ3n) is 2.60. The van der Waals surface area contributed by atoms with E-state index >= 15 is 0 Å². The number of pyridine rings is 1. The summed E-state index contributed by atoms with van der Waals surface area (Å²) in [5.41, 5.74) is 6.91. The lowest BCUT2D eigenvalue weighted by Gasteiger charge is -2.05. The molecule has 7 heteroatoms. The first-order valence-electron chi connectivity index (χ1n) is 5.55. The summed E-state index contributed by atoms with van der Waals surface area (Å²) in [6.45, 7) is 3.87. The summed E-state index contributed by atoms with van der Waals surface area (Å²) in [5.74, 6) is 0.652. The second kappa shape index (κ2) is 5.08. The van der Waals surface area contributed by atoms with Crippen LogP contribution in [0.2, 0.25) is 10.0 Å². The lowest BCUT2D eigenvalue weighted by atomic mass is 10.1. The van der Waals surface area contributed by atoms with Crippen LogP contribution < -0.4 is 5.73 Å². The molecule has 0 aliphatic carbocycles. The van der Waals surface area contributed by atoms with Crippen molar-refractivity contribution in [3.8, 4) is 11.9 Å². The first-order chi connectivity index (χ1) is 8.95. The van der Waals surface area contributed by atoms with Crippen LogP contribution in [0, 0.1) is 11.3 Å². The highest BCUT2D eigenvalue weighted by Gasteiger charge is 2.20. The molecule has 0 spiro atoms. The van der Waals surface area contributed by atoms with Gasteiger partial charge < -0.3 is 5.73 Å². The molecule has 2 heterocycles. The first-order valence-corrected chi connectivity index (χ1v) is 6.31. The molecule has 98 valence electrons. The number of rotatable bonds is 2. The van der Waals surface area contributed by atoms with Gasteiger partial charge in [-0.2, -0.15) is 15.0 Å². The molecule has 0 radical (unpaired) electrons. The highest BCUT2D eigenvalue weighted by Crippen LogP contribution is 2.28. The second-order valence-electron chi connectivity index (χ2n) is 4.28. The smallest absolute Gasteiger partial charge is 0.174 e. The quantitative estimate of drug-likeness (QED) is 0.923. The number of anilines is 1. The molecule has 0 saturated carbocycles. The molecule has 0 saturated heterocycles. The van der Waals surface area contributed by atoms with Gasteiger partial charge in [0.05, 0.1) is 15.7 Å². The van der Waals surface area contributed by atoms with Crippen LogP contribution in [0.5, 0.6) is 0 Å². The van der Waals surface area contributed by atoms with E-state index in [1.54, 1.807) is 6.07 Å². The van der Waals surface area contributed by atoms with Crippen LogP contribution in [0.1, 0.15) is 31.0 Å². The van der Waals surface area contributed by atoms with E-state index in [4.69, 9.17) is 34.2 Å². The summed E-state index contributed by atoms with van der Waals surface area (Å²) >= 11 is 11.9. The van der Waals surface area contributed by atoms with Gasteiger partial charge in [0.15, 0.2) is 5.82 Å². The van der Waals surface area contributed by atoms with E-state index in [1.165, 1.54) is 10.9 Å². The molecular formula is C12H11Cl2N5. The van der Waals surface area contributed by atoms with Crippen LogP contribution in [-0.4, -0.2) is 14.8 Å². The van der Waals surface area contributed by atoms with Crippen LogP contribution in [0.15, 0.2) is 12.3 Å². The zero-order chi connectivity index (χ0) is 14.2. The van der Waals surface area contributed by atoms with Crippen molar-refractivity contribution in [3.05, 3.63) is 33.6 Å². The molecule has 0 bridgehead atoms. The Bertz CT molecular complexity index is 669. The minimum Gasteiger partial charge on any atom is -0.382 e. The Morgan fingerprint density at radius 2 is 2.11 bits per heavy atom. The Balaban J connectivity index is 2.67. The fourth-order valence-electron chi connectivity index (χ4n) is 1.69. The number of aromatic nitrogens is 3. The molecule has 5 nitrogen and oxygen atoms in total. The molecule has 0 aliphatic rings. The maximum atomic E-state index is 9.16. The van der Waals surface area contributed by atoms with Crippen molar-refractivity contribution in [1.29, 1.82) is 5.26 Å². The Morgan fingerprint density at radius 1 is 1.42 bits per heavy atom. The van der Waals surface area contributed by atoms with E-state index in [-0.39, 0.29) is 11.7 Å². The van der Waals surface area contributed by atoms with E-state index in [0.717, 1.165) is 0 Å². The third kappa shape index (κ3) is 2.37. The second-order valence-corrected chi connectivity index (χ2v) is 5.13. The van der Waals surface area contributed by atoms with Gasteiger partial charge in [-0.1, -0.05) is 37.0 Å². The van der Waals surface area contributed by atoms with Crippen molar-refractivity contribution in [2.75, 3.05) is 5.73 Å². The van der Waals surface area contributed by atoms with Crippen LogP contribution in [-0.2, 0) is 0 Å². The lowest BCUT2D eigenvalue weighted by molar-refractivity contribution is 0.760. The normalized spacial score (nSPS) is 10.7. The predicted octanol–water partition coefficient (Wildman–Crippen LogP) is 3.15. The Morgan fingerprint density at radius 3 is 2.58 bits per heavy atom. The molecule has 2 rings (SSSR count). The Hall–Kier alpha value is -1.77. The number of hydrogen-bond acceptors (Lipinski definition) is 4. The minimum atomic E-state index is 0.0734. The summed E-state index contributed by atoms with van der Waals surface area (Å²) < 4.78 is 1.37. The highest BCUT2D eigenvalue weighted by molar-refractivity contribution is 6.35. The minimum absolute atomic E-state index is 0.0734. The average Bonchev–Trinajstić information content (AvgIpc) is 2.66. The van der Waals surface area contributed by atoms with E-state index in [9.17, 15) is 0 Å². The van der Waals surface area contributed by atoms with Crippen molar-refractivity contribution in [3.63, 3.8) is 0 Å². The molecular weight excluding hydrogens is 285 g/mol. The van der Waals surface area contributed by atoms with Crippen LogP contribution >= 0.6 is 23.2 Å². The third-order valence-corrected chi connectivity index (χ3v) is 3.08. The van der Waals surface area contributed by atoms with Gasteiger partial charge in [0.1, 0.15) is 17.5 Å². The number of nitriles is 1. The lowest BCUT2D eigenvalue weighted by Crippen LogP contribution is -2.05. The Kier molecular flexibility index (Phi) is 3.65. The number of nitrogen functional groups attached to an aromatic ring is 1. The number of nitrogens with zero attached hydrogens (tertiary/aromatic N) is 4. The van der Waals surface area contributed by atoms with Gasteiger partial charge in [-0.25, -0.2) is 4.98 Å². The molecule has 0 atom stereocenters. The van der Waals surface area contributed by atoms with Gasteiger partial charge in [-0.05, 0) is 12.0 Å². The van der Waals surface area contributed by atoms with Gasteiger partial charge in [-0.3, -0.25) is 0 Å². The van der Waals surface area contributed by atoms with Gasteiger partial charge in [-0.15, -0.1) is 0 Å². The van der Waals surface area contributed by atoms with Gasteiger partial charge >= 0.3 is 0 Å². The van der Waals surface area contributed by atoms with Crippen molar-refractivity contribution in [2.24, 2.45) is 0 Å². The van der Waals surface area contributed by atoms with E-state index < -0.39 is 0 Å². The topological polar surface area (TPSA) is 80.5 Å². The predicted molar refractivity (Wildman–Crippen MR) is 74.6 cm³/mol. The van der Waals surface area contributed by atoms with Crippen LogP contribution in [0.3, 0.4) is 0 Å². The summed E-state index contributed by atoms with van der Waals surface area (Å²) in [6.07, 6.45) is 1.45. The van der Waals surface area contributed by atoms with Crippen LogP contribution in [0.4, 0.5) is 5.82 Å². The number of nitrogens with two attached hydrogens (primary N) is 1. The molecule has 2 aromatic heterocycles. The molecule has 2 aromatic rings. The van der Waals surface area contributed by atoms with Crippen LogP contribution in [0.25, 0.3) is 5.82 Å². The zero-order valence-corrected chi connectivity index (χ0v) is 11.9. The molecule has 19 heavy (non-hydrogen) atoms. The molecule has 0 unspecified atom stereocenters. The molecule has 0 aromatic carbocycles. The maximum Gasteiger partial charge on any atom is 0.174 e. The number of hydrogen-bond donors (Lipinski definition) is 1. The molecule has 0 amide bonds. The van der Waals surface area contributed by atoms with Crippen molar-refractivity contribution in [2.45, 2.75) is 19.8 Å². The fourth-order valence-corrected chi connectivity index (χ4v) is 2.15. The molecule has 2 N–H and O–H groups in total. The summed E-state index contributed by atoms with van der Waals surface area (Å²) in [7, 11) is 0. The van der Waals surface area contributed by atoms with Crippen molar-refractivity contribution in [1.82, 2.24) is 14.8 Å². The number of halogens is 2. The van der Waals surface area contributed by atoms with Gasteiger partial charge in [0, 0.05) is 6.20 Å². The summed E-state index contributed by atoms with van der Waals surface area (Å²) in [6, 6.07) is 3.61. The summed E-state index contributed by atoms with van der Waals surface area (Å²) in [5, 5.41) is 14.2. The monoisotopic (exact) mass is 295 g/mol.